The molecule has 44 heavy (non-hydrogen) atoms. The lowest BCUT2D eigenvalue weighted by atomic mass is 9.93. The first-order valence-electron chi connectivity index (χ1n) is 15.6. The molecule has 3 aromatic carbocycles. The molecule has 3 aromatic rings. The number of carbonyl (C=O) groups is 2. The van der Waals surface area contributed by atoms with Crippen LogP contribution in [0.25, 0.3) is 0 Å². The number of rotatable bonds is 8. The summed E-state index contributed by atoms with van der Waals surface area (Å²) < 4.78 is 27.9. The number of aliphatic hydroxyl groups is 1. The van der Waals surface area contributed by atoms with Gasteiger partial charge in [-0.2, -0.15) is 0 Å². The lowest BCUT2D eigenvalue weighted by Gasteiger charge is -2.37. The molecule has 1 N–H and O–H groups in total. The van der Waals surface area contributed by atoms with Crippen LogP contribution in [0, 0.1) is 5.92 Å². The Morgan fingerprint density at radius 1 is 1.00 bits per heavy atom. The topological polar surface area (TPSA) is 79.3 Å². The minimum Gasteiger partial charge on any atom is -0.482 e. The van der Waals surface area contributed by atoms with Crippen molar-refractivity contribution in [1.29, 1.82) is 0 Å². The number of fused-ring (bicyclic) bond motifs is 2. The summed E-state index contributed by atoms with van der Waals surface area (Å²) in [4.78, 5) is 29.8. The number of hydrogen-bond donors (Lipinski definition) is 1. The normalized spacial score (nSPS) is 24.9. The summed E-state index contributed by atoms with van der Waals surface area (Å²) in [6, 6.07) is 23.2. The number of aryl methyl sites for hydroxylation is 1. The number of hydrogen-bond acceptors (Lipinski definition) is 5. The van der Waals surface area contributed by atoms with Gasteiger partial charge in [-0.1, -0.05) is 55.5 Å². The second-order valence-electron chi connectivity index (χ2n) is 12.9. The number of amides is 2. The molecule has 0 aromatic heterocycles. The van der Waals surface area contributed by atoms with E-state index in [1.165, 1.54) is 0 Å². The zero-order valence-corrected chi connectivity index (χ0v) is 26.6. The molecule has 1 saturated heterocycles. The molecule has 3 aliphatic rings. The van der Waals surface area contributed by atoms with Gasteiger partial charge in [0.15, 0.2) is 6.61 Å². The third-order valence-corrected chi connectivity index (χ3v) is 12.1. The largest absolute Gasteiger partial charge is 0.482 e. The number of benzene rings is 3. The number of aliphatic hydroxyl groups excluding tert-OH is 1. The van der Waals surface area contributed by atoms with Crippen molar-refractivity contribution in [1.82, 2.24) is 4.90 Å². The molecule has 0 unspecified atom stereocenters. The van der Waals surface area contributed by atoms with Crippen molar-refractivity contribution in [3.63, 3.8) is 0 Å². The molecule has 3 heterocycles. The summed E-state index contributed by atoms with van der Waals surface area (Å²) in [6.07, 6.45) is 1.53. The molecule has 0 bridgehead atoms. The van der Waals surface area contributed by atoms with Crippen LogP contribution in [-0.2, 0) is 33.7 Å². The highest BCUT2D eigenvalue weighted by Crippen LogP contribution is 2.47. The minimum atomic E-state index is -3.15. The SMILES string of the molecule is C[C@H]1[C@H]([Si](C)(C)F)[C@@H](CC(=O)N2Cc3ccccc3C[C@H]2CO)O[C@H]1CCc1ccc(N2C(=O)COc3ccccc32)cc1. The van der Waals surface area contributed by atoms with Crippen LogP contribution in [0.4, 0.5) is 15.5 Å². The molecule has 0 aliphatic carbocycles. The lowest BCUT2D eigenvalue weighted by molar-refractivity contribution is -0.138. The van der Waals surface area contributed by atoms with E-state index >= 15 is 4.11 Å². The second-order valence-corrected chi connectivity index (χ2v) is 16.7. The molecule has 9 heteroatoms. The molecule has 7 nitrogen and oxygen atoms in total. The van der Waals surface area contributed by atoms with Crippen molar-refractivity contribution in [2.24, 2.45) is 5.92 Å². The first-order chi connectivity index (χ1) is 21.1. The van der Waals surface area contributed by atoms with Crippen molar-refractivity contribution < 1.29 is 28.3 Å². The van der Waals surface area contributed by atoms with Gasteiger partial charge in [-0.3, -0.25) is 14.5 Å². The maximum absolute atomic E-state index is 15.8. The first-order valence-corrected chi connectivity index (χ1v) is 18.5. The zero-order chi connectivity index (χ0) is 31.0. The fourth-order valence-electron chi connectivity index (χ4n) is 7.41. The van der Waals surface area contributed by atoms with Crippen LogP contribution in [0.5, 0.6) is 5.75 Å². The van der Waals surface area contributed by atoms with E-state index in [2.05, 4.69) is 6.92 Å². The van der Waals surface area contributed by atoms with Gasteiger partial charge < -0.3 is 23.6 Å². The van der Waals surface area contributed by atoms with Gasteiger partial charge in [-0.25, -0.2) is 0 Å². The number of para-hydroxylation sites is 2. The quantitative estimate of drug-likeness (QED) is 0.250. The summed E-state index contributed by atoms with van der Waals surface area (Å²) >= 11 is 0. The highest BCUT2D eigenvalue weighted by molar-refractivity contribution is 6.72. The molecule has 232 valence electrons. The van der Waals surface area contributed by atoms with E-state index in [1.807, 2.05) is 72.8 Å². The third kappa shape index (κ3) is 6.05. The van der Waals surface area contributed by atoms with E-state index in [1.54, 1.807) is 22.9 Å². The Labute approximate surface area is 259 Å². The number of nitrogens with zero attached hydrogens (tertiary/aromatic N) is 2. The second kappa shape index (κ2) is 12.5. The van der Waals surface area contributed by atoms with Crippen molar-refractivity contribution in [3.8, 4) is 5.75 Å². The average Bonchev–Trinajstić information content (AvgIpc) is 3.34. The zero-order valence-electron chi connectivity index (χ0n) is 25.6. The van der Waals surface area contributed by atoms with Gasteiger partial charge >= 0.3 is 0 Å². The van der Waals surface area contributed by atoms with Crippen molar-refractivity contribution in [2.75, 3.05) is 18.1 Å². The van der Waals surface area contributed by atoms with E-state index in [0.717, 1.165) is 34.5 Å². The number of halogens is 1. The Hall–Kier alpha value is -3.53. The number of carbonyl (C=O) groups excluding carboxylic acids is 2. The number of ether oxygens (including phenoxy) is 2. The predicted octanol–water partition coefficient (Wildman–Crippen LogP) is 5.96. The smallest absolute Gasteiger partial charge is 0.269 e. The molecule has 0 radical (unpaired) electrons. The van der Waals surface area contributed by atoms with Crippen LogP contribution >= 0.6 is 0 Å². The van der Waals surface area contributed by atoms with Gasteiger partial charge in [0.25, 0.3) is 5.91 Å². The highest BCUT2D eigenvalue weighted by atomic mass is 28.4. The minimum absolute atomic E-state index is 0.000447. The molecule has 1 fully saturated rings. The predicted molar refractivity (Wildman–Crippen MR) is 170 cm³/mol. The van der Waals surface area contributed by atoms with Gasteiger partial charge in [0.1, 0.15) is 5.75 Å². The number of anilines is 2. The summed E-state index contributed by atoms with van der Waals surface area (Å²) in [5.41, 5.74) is 4.57. The molecule has 0 saturated carbocycles. The summed E-state index contributed by atoms with van der Waals surface area (Å²) in [5.74, 6) is 0.460. The van der Waals surface area contributed by atoms with Crippen LogP contribution in [-0.4, -0.2) is 61.7 Å². The standard InChI is InChI=1S/C35H41FN2O5Si/c1-23-30(17-14-24-12-15-27(16-13-24)38-29-10-6-7-11-31(29)42-22-34(38)41)43-32(35(23)44(2,3)36)19-33(40)37-20-26-9-5-4-8-25(26)18-28(37)21-39/h4-13,15-16,23,28,30,32,35,39H,14,17-22H2,1-3H3/t23-,28+,30+,32-,35+/m1/s1. The summed E-state index contributed by atoms with van der Waals surface area (Å²) in [7, 11) is -3.15. The van der Waals surface area contributed by atoms with Crippen LogP contribution in [0.15, 0.2) is 72.8 Å². The van der Waals surface area contributed by atoms with Crippen molar-refractivity contribution in [3.05, 3.63) is 89.5 Å². The molecular weight excluding hydrogens is 575 g/mol. The summed E-state index contributed by atoms with van der Waals surface area (Å²) in [6.45, 7) is 5.84. The van der Waals surface area contributed by atoms with Crippen LogP contribution in [0.1, 0.15) is 36.5 Å². The fourth-order valence-corrected chi connectivity index (χ4v) is 9.96. The van der Waals surface area contributed by atoms with Gasteiger partial charge in [0, 0.05) is 17.8 Å². The first kappa shape index (κ1) is 30.5. The lowest BCUT2D eigenvalue weighted by Crippen LogP contribution is -2.48. The Balaban J connectivity index is 1.12. The maximum atomic E-state index is 15.8. The Kier molecular flexibility index (Phi) is 8.63. The van der Waals surface area contributed by atoms with E-state index in [9.17, 15) is 14.7 Å². The monoisotopic (exact) mass is 616 g/mol. The van der Waals surface area contributed by atoms with Gasteiger partial charge in [0.2, 0.25) is 14.3 Å². The van der Waals surface area contributed by atoms with E-state index < -0.39 is 14.5 Å². The van der Waals surface area contributed by atoms with Gasteiger partial charge in [0.05, 0.1) is 37.0 Å². The molecular formula is C35H41FN2O5Si. The molecule has 6 rings (SSSR count). The highest BCUT2D eigenvalue weighted by Gasteiger charge is 2.52. The van der Waals surface area contributed by atoms with Gasteiger partial charge in [-0.15, -0.1) is 0 Å². The van der Waals surface area contributed by atoms with E-state index in [-0.39, 0.29) is 55.1 Å². The fraction of sp³-hybridized carbons (Fsp3) is 0.429. The Morgan fingerprint density at radius 3 is 2.43 bits per heavy atom. The maximum Gasteiger partial charge on any atom is 0.269 e. The van der Waals surface area contributed by atoms with Crippen LogP contribution in [0.2, 0.25) is 18.6 Å². The van der Waals surface area contributed by atoms with Crippen LogP contribution in [0.3, 0.4) is 0 Å². The van der Waals surface area contributed by atoms with E-state index in [4.69, 9.17) is 9.47 Å². The molecule has 3 aliphatic heterocycles. The Bertz CT molecular complexity index is 1510. The van der Waals surface area contributed by atoms with Crippen molar-refractivity contribution >= 4 is 31.6 Å². The van der Waals surface area contributed by atoms with Gasteiger partial charge in [-0.05, 0) is 79.2 Å². The Morgan fingerprint density at radius 2 is 1.70 bits per heavy atom. The van der Waals surface area contributed by atoms with E-state index in [0.29, 0.717) is 25.1 Å². The molecule has 0 spiro atoms. The summed E-state index contributed by atoms with van der Waals surface area (Å²) in [5, 5.41) is 10.1. The average molecular weight is 617 g/mol. The molecule has 5 atom stereocenters. The third-order valence-electron chi connectivity index (χ3n) is 9.58. The molecule has 2 amide bonds. The van der Waals surface area contributed by atoms with Crippen LogP contribution < -0.4 is 9.64 Å². The van der Waals surface area contributed by atoms with Crippen molar-refractivity contribution in [2.45, 2.75) is 76.0 Å².